The van der Waals surface area contributed by atoms with E-state index in [0.29, 0.717) is 38.9 Å². The number of carbonyl (C=O) groups is 5. The Morgan fingerprint density at radius 3 is 1.37 bits per heavy atom. The lowest BCUT2D eigenvalue weighted by atomic mass is 9.80. The van der Waals surface area contributed by atoms with Crippen molar-refractivity contribution in [1.29, 1.82) is 0 Å². The summed E-state index contributed by atoms with van der Waals surface area (Å²) in [7, 11) is 1.41. The van der Waals surface area contributed by atoms with E-state index in [-0.39, 0.29) is 50.9 Å². The Labute approximate surface area is 257 Å². The third-order valence-electron chi connectivity index (χ3n) is 7.07. The van der Waals surface area contributed by atoms with Crippen molar-refractivity contribution in [3.8, 4) is 5.75 Å². The van der Waals surface area contributed by atoms with Gasteiger partial charge < -0.3 is 9.47 Å². The zero-order valence-corrected chi connectivity index (χ0v) is 25.5. The minimum atomic E-state index is -0.714. The quantitative estimate of drug-likeness (QED) is 0.155. The van der Waals surface area contributed by atoms with Crippen molar-refractivity contribution in [3.63, 3.8) is 0 Å². The third-order valence-corrected chi connectivity index (χ3v) is 7.63. The van der Waals surface area contributed by atoms with Crippen LogP contribution in [0.2, 0.25) is 0 Å². The van der Waals surface area contributed by atoms with Crippen LogP contribution in [0.3, 0.4) is 0 Å². The van der Waals surface area contributed by atoms with Gasteiger partial charge in [0.2, 0.25) is 0 Å². The van der Waals surface area contributed by atoms with E-state index in [0.717, 1.165) is 0 Å². The van der Waals surface area contributed by atoms with E-state index in [4.69, 9.17) is 9.47 Å². The molecule has 0 bridgehead atoms. The monoisotopic (exact) mass is 638 g/mol. The van der Waals surface area contributed by atoms with Crippen LogP contribution >= 0.6 is 15.9 Å². The van der Waals surface area contributed by atoms with Gasteiger partial charge in [-0.2, -0.15) is 0 Å². The highest BCUT2D eigenvalue weighted by Crippen LogP contribution is 2.38. The molecule has 0 N–H and O–H groups in total. The number of benzene rings is 4. The fraction of sp³-hybridized carbons (Fsp3) is 0.171. The molecule has 0 saturated heterocycles. The topological polar surface area (TPSA) is 104 Å². The minimum Gasteiger partial charge on any atom is -0.496 e. The third kappa shape index (κ3) is 5.34. The number of hydrogen-bond acceptors (Lipinski definition) is 7. The smallest absolute Gasteiger partial charge is 0.342 e. The number of carbonyl (C=O) groups excluding carboxylic acids is 5. The normalized spacial score (nSPS) is 13.1. The summed E-state index contributed by atoms with van der Waals surface area (Å²) in [5.74, 6) is -1.08. The molecule has 0 radical (unpaired) electrons. The first kappa shape index (κ1) is 29.8. The molecule has 4 aromatic carbocycles. The van der Waals surface area contributed by atoms with Gasteiger partial charge in [-0.05, 0) is 32.4 Å². The highest BCUT2D eigenvalue weighted by molar-refractivity contribution is 9.08. The average molecular weight is 639 g/mol. The molecular formula is C35H27BrO7. The molecule has 216 valence electrons. The molecule has 0 amide bonds. The minimum absolute atomic E-state index is 0.0641. The molecule has 7 nitrogen and oxygen atoms in total. The first-order chi connectivity index (χ1) is 20.5. The van der Waals surface area contributed by atoms with Gasteiger partial charge in [-0.25, -0.2) is 4.79 Å². The molecule has 43 heavy (non-hydrogen) atoms. The number of hydrogen-bond donors (Lipinski definition) is 0. The molecule has 0 heterocycles. The van der Waals surface area contributed by atoms with E-state index < -0.39 is 11.6 Å². The average Bonchev–Trinajstić information content (AvgIpc) is 3.00. The van der Waals surface area contributed by atoms with Gasteiger partial charge in [0, 0.05) is 49.8 Å². The summed E-state index contributed by atoms with van der Waals surface area (Å²) in [4.78, 5) is 63.1. The molecule has 0 atom stereocenters. The Balaban J connectivity index is 0.000000194. The van der Waals surface area contributed by atoms with Gasteiger partial charge in [-0.3, -0.25) is 19.2 Å². The molecule has 2 aliphatic carbocycles. The Kier molecular flexibility index (Phi) is 7.99. The molecule has 8 heteroatoms. The molecule has 0 spiro atoms. The summed E-state index contributed by atoms with van der Waals surface area (Å²) in [6.45, 7) is 5.28. The number of rotatable bonds is 3. The Morgan fingerprint density at radius 1 is 0.651 bits per heavy atom. The number of ether oxygens (including phenoxy) is 2. The Hall–Kier alpha value is -4.69. The standard InChI is InChI=1S/C21H19BrO5.C14H8O2/c1-21(2,3)27-20(25)17-14(10-22)16-13(9-15(17)26-4)18(23)11-7-5-6-8-12(11)19(16)24;15-13-9-5-1-2-6-10(9)14(16)12-8-4-3-7-11(12)13/h5-9H,10H2,1-4H3;1-8H. The largest absolute Gasteiger partial charge is 0.496 e. The summed E-state index contributed by atoms with van der Waals surface area (Å²) < 4.78 is 10.9. The van der Waals surface area contributed by atoms with Crippen LogP contribution in [-0.4, -0.2) is 41.8 Å². The fourth-order valence-corrected chi connectivity index (χ4v) is 5.77. The van der Waals surface area contributed by atoms with Crippen molar-refractivity contribution < 1.29 is 33.4 Å². The van der Waals surface area contributed by atoms with Crippen LogP contribution in [0.25, 0.3) is 0 Å². The van der Waals surface area contributed by atoms with Crippen LogP contribution in [0.15, 0.2) is 78.9 Å². The molecule has 0 aromatic heterocycles. The zero-order valence-electron chi connectivity index (χ0n) is 23.9. The van der Waals surface area contributed by atoms with E-state index in [1.54, 1.807) is 93.6 Å². The second-order valence-corrected chi connectivity index (χ2v) is 11.5. The number of halogens is 1. The number of ketones is 4. The number of esters is 1. The second-order valence-electron chi connectivity index (χ2n) is 10.9. The highest BCUT2D eigenvalue weighted by Gasteiger charge is 2.36. The van der Waals surface area contributed by atoms with E-state index in [1.165, 1.54) is 13.2 Å². The highest BCUT2D eigenvalue weighted by atomic mass is 79.9. The van der Waals surface area contributed by atoms with Crippen LogP contribution in [0.1, 0.15) is 100 Å². The fourth-order valence-electron chi connectivity index (χ4n) is 5.20. The van der Waals surface area contributed by atoms with Crippen LogP contribution in [0, 0.1) is 0 Å². The van der Waals surface area contributed by atoms with Crippen LogP contribution in [0.5, 0.6) is 5.75 Å². The van der Waals surface area contributed by atoms with E-state index >= 15 is 0 Å². The van der Waals surface area contributed by atoms with Crippen molar-refractivity contribution in [1.82, 2.24) is 0 Å². The first-order valence-corrected chi connectivity index (χ1v) is 14.6. The SMILES string of the molecule is COc1cc2c(c(CBr)c1C(=O)OC(C)(C)C)C(=O)c1ccccc1C2=O.O=C1c2ccccc2C(=O)c2ccccc21. The maximum absolute atomic E-state index is 13.1. The molecule has 6 rings (SSSR count). The van der Waals surface area contributed by atoms with E-state index in [1.807, 2.05) is 0 Å². The van der Waals surface area contributed by atoms with E-state index in [2.05, 4.69) is 15.9 Å². The lowest BCUT2D eigenvalue weighted by Gasteiger charge is -2.25. The van der Waals surface area contributed by atoms with Crippen LogP contribution in [0.4, 0.5) is 0 Å². The zero-order chi connectivity index (χ0) is 31.1. The molecule has 4 aromatic rings. The molecule has 0 fully saturated rings. The molecular weight excluding hydrogens is 612 g/mol. The summed E-state index contributed by atoms with van der Waals surface area (Å²) >= 11 is 3.36. The lowest BCUT2D eigenvalue weighted by Crippen LogP contribution is -2.28. The molecule has 0 aliphatic heterocycles. The van der Waals surface area contributed by atoms with Gasteiger partial charge in [0.1, 0.15) is 16.9 Å². The van der Waals surface area contributed by atoms with Crippen molar-refractivity contribution >= 4 is 45.0 Å². The number of methoxy groups -OCH3 is 1. The number of fused-ring (bicyclic) bond motifs is 4. The van der Waals surface area contributed by atoms with Crippen LogP contribution in [-0.2, 0) is 10.1 Å². The van der Waals surface area contributed by atoms with Gasteiger partial charge in [-0.1, -0.05) is 88.7 Å². The molecule has 0 unspecified atom stereocenters. The van der Waals surface area contributed by atoms with Gasteiger partial charge in [0.25, 0.3) is 0 Å². The summed E-state index contributed by atoms with van der Waals surface area (Å²) in [6.07, 6.45) is 0. The van der Waals surface area contributed by atoms with Gasteiger partial charge in [0.15, 0.2) is 23.1 Å². The van der Waals surface area contributed by atoms with Crippen molar-refractivity contribution in [2.24, 2.45) is 0 Å². The van der Waals surface area contributed by atoms with Crippen LogP contribution < -0.4 is 4.74 Å². The van der Waals surface area contributed by atoms with E-state index in [9.17, 15) is 24.0 Å². The van der Waals surface area contributed by atoms with Gasteiger partial charge >= 0.3 is 5.97 Å². The summed E-state index contributed by atoms with van der Waals surface area (Å²) in [5.41, 5.74) is 2.99. The molecule has 0 saturated carbocycles. The van der Waals surface area contributed by atoms with Gasteiger partial charge in [0.05, 0.1) is 7.11 Å². The summed E-state index contributed by atoms with van der Waals surface area (Å²) in [5, 5.41) is 0.197. The van der Waals surface area contributed by atoms with Crippen molar-refractivity contribution in [3.05, 3.63) is 134 Å². The lowest BCUT2D eigenvalue weighted by molar-refractivity contribution is 0.00652. The Morgan fingerprint density at radius 2 is 1.02 bits per heavy atom. The van der Waals surface area contributed by atoms with Crippen molar-refractivity contribution in [2.75, 3.05) is 7.11 Å². The van der Waals surface area contributed by atoms with Gasteiger partial charge in [-0.15, -0.1) is 0 Å². The predicted octanol–water partition coefficient (Wildman–Crippen LogP) is 6.78. The summed E-state index contributed by atoms with van der Waals surface area (Å²) in [6, 6.07) is 22.0. The molecule has 2 aliphatic rings. The maximum atomic E-state index is 13.1. The predicted molar refractivity (Wildman–Crippen MR) is 164 cm³/mol. The Bertz CT molecular complexity index is 1740. The number of alkyl halides is 1. The second kappa shape index (κ2) is 11.5. The van der Waals surface area contributed by atoms with Crippen molar-refractivity contribution in [2.45, 2.75) is 31.7 Å². The first-order valence-electron chi connectivity index (χ1n) is 13.5. The maximum Gasteiger partial charge on any atom is 0.342 e.